The van der Waals surface area contributed by atoms with E-state index in [1.807, 2.05) is 0 Å². The Labute approximate surface area is 120 Å². The quantitative estimate of drug-likeness (QED) is 0.577. The van der Waals surface area contributed by atoms with E-state index in [1.54, 1.807) is 0 Å². The van der Waals surface area contributed by atoms with Crippen LogP contribution in [0, 0.1) is 28.6 Å². The van der Waals surface area contributed by atoms with Gasteiger partial charge in [0.05, 0.1) is 12.2 Å². The SMILES string of the molecule is CC(C)C12CCC(C)(CC1)C1C(O)C(O)C(O)C(O)C12. The smallest absolute Gasteiger partial charge is 0.109 e. The Morgan fingerprint density at radius 2 is 1.20 bits per heavy atom. The van der Waals surface area contributed by atoms with Gasteiger partial charge in [0.25, 0.3) is 0 Å². The van der Waals surface area contributed by atoms with Crippen molar-refractivity contribution >= 4 is 0 Å². The third-order valence-electron chi connectivity index (χ3n) is 7.11. The maximum atomic E-state index is 10.6. The first-order valence-corrected chi connectivity index (χ1v) is 7.97. The minimum Gasteiger partial charge on any atom is -0.390 e. The van der Waals surface area contributed by atoms with E-state index in [0.29, 0.717) is 5.92 Å². The van der Waals surface area contributed by atoms with Gasteiger partial charge in [0.2, 0.25) is 0 Å². The molecule has 4 N–H and O–H groups in total. The maximum absolute atomic E-state index is 10.6. The van der Waals surface area contributed by atoms with Crippen molar-refractivity contribution in [3.8, 4) is 0 Å². The molecule has 4 saturated carbocycles. The molecule has 0 radical (unpaired) electrons. The van der Waals surface area contributed by atoms with Crippen LogP contribution in [-0.4, -0.2) is 44.8 Å². The summed E-state index contributed by atoms with van der Waals surface area (Å²) in [7, 11) is 0. The lowest BCUT2D eigenvalue weighted by atomic mass is 9.39. The van der Waals surface area contributed by atoms with Gasteiger partial charge in [0, 0.05) is 0 Å². The van der Waals surface area contributed by atoms with E-state index >= 15 is 0 Å². The zero-order valence-electron chi connectivity index (χ0n) is 12.7. The van der Waals surface area contributed by atoms with E-state index in [4.69, 9.17) is 0 Å². The largest absolute Gasteiger partial charge is 0.390 e. The Morgan fingerprint density at radius 1 is 0.750 bits per heavy atom. The number of fused-ring (bicyclic) bond motifs is 2. The van der Waals surface area contributed by atoms with Crippen LogP contribution in [-0.2, 0) is 0 Å². The molecule has 4 nitrogen and oxygen atoms in total. The number of hydrogen-bond acceptors (Lipinski definition) is 4. The topological polar surface area (TPSA) is 80.9 Å². The number of aliphatic hydroxyl groups is 4. The molecule has 4 heteroatoms. The zero-order valence-corrected chi connectivity index (χ0v) is 12.7. The first-order valence-electron chi connectivity index (χ1n) is 7.97. The fourth-order valence-corrected chi connectivity index (χ4v) is 5.71. The summed E-state index contributed by atoms with van der Waals surface area (Å²) < 4.78 is 0. The first kappa shape index (κ1) is 14.8. The monoisotopic (exact) mass is 284 g/mol. The molecular weight excluding hydrogens is 256 g/mol. The summed E-state index contributed by atoms with van der Waals surface area (Å²) in [5, 5.41) is 41.3. The molecular formula is C16H28O4. The van der Waals surface area contributed by atoms with Crippen molar-refractivity contribution in [1.29, 1.82) is 0 Å². The zero-order chi connectivity index (χ0) is 14.9. The third kappa shape index (κ3) is 1.62. The lowest BCUT2D eigenvalue weighted by Gasteiger charge is -2.67. The van der Waals surface area contributed by atoms with Gasteiger partial charge in [0.15, 0.2) is 0 Å². The second-order valence-electron chi connectivity index (χ2n) is 8.06. The van der Waals surface area contributed by atoms with Crippen LogP contribution in [0.15, 0.2) is 0 Å². The second kappa shape index (κ2) is 4.42. The molecule has 0 aromatic carbocycles. The summed E-state index contributed by atoms with van der Waals surface area (Å²) in [5.41, 5.74) is -0.0350. The van der Waals surface area contributed by atoms with E-state index in [-0.39, 0.29) is 22.7 Å². The fourth-order valence-electron chi connectivity index (χ4n) is 5.71. The molecule has 0 aromatic heterocycles. The van der Waals surface area contributed by atoms with Gasteiger partial charge in [-0.1, -0.05) is 20.8 Å². The lowest BCUT2D eigenvalue weighted by Crippen LogP contribution is -2.70. The van der Waals surface area contributed by atoms with Crippen LogP contribution >= 0.6 is 0 Å². The maximum Gasteiger partial charge on any atom is 0.109 e. The van der Waals surface area contributed by atoms with Crippen molar-refractivity contribution in [2.45, 2.75) is 70.9 Å². The summed E-state index contributed by atoms with van der Waals surface area (Å²) in [6.07, 6.45) is -0.138. The molecule has 0 aromatic rings. The van der Waals surface area contributed by atoms with Crippen molar-refractivity contribution in [1.82, 2.24) is 0 Å². The van der Waals surface area contributed by atoms with Gasteiger partial charge in [0.1, 0.15) is 12.2 Å². The highest BCUT2D eigenvalue weighted by Crippen LogP contribution is 2.68. The van der Waals surface area contributed by atoms with Gasteiger partial charge in [-0.3, -0.25) is 0 Å². The van der Waals surface area contributed by atoms with Crippen molar-refractivity contribution in [2.24, 2.45) is 28.6 Å². The average molecular weight is 284 g/mol. The lowest BCUT2D eigenvalue weighted by molar-refractivity contribution is -0.275. The minimum absolute atomic E-state index is 0.00998. The van der Waals surface area contributed by atoms with Crippen molar-refractivity contribution in [2.75, 3.05) is 0 Å². The van der Waals surface area contributed by atoms with Crippen LogP contribution in [0.1, 0.15) is 46.5 Å². The van der Waals surface area contributed by atoms with Crippen LogP contribution in [0.3, 0.4) is 0 Å². The molecule has 0 spiro atoms. The molecule has 6 atom stereocenters. The second-order valence-corrected chi connectivity index (χ2v) is 8.06. The van der Waals surface area contributed by atoms with E-state index in [1.165, 1.54) is 0 Å². The molecule has 4 fully saturated rings. The Balaban J connectivity index is 2.08. The summed E-state index contributed by atoms with van der Waals surface area (Å²) in [5.74, 6) is 0.188. The van der Waals surface area contributed by atoms with Gasteiger partial charge in [-0.2, -0.15) is 0 Å². The van der Waals surface area contributed by atoms with Crippen LogP contribution in [0.25, 0.3) is 0 Å². The standard InChI is InChI=1S/C16H28O4/c1-8(2)16-6-4-15(3,5-7-16)9-10(16)12(18)14(20)13(19)11(9)17/h8-14,17-20H,4-7H2,1-3H3. The highest BCUT2D eigenvalue weighted by atomic mass is 16.4. The van der Waals surface area contributed by atoms with E-state index in [9.17, 15) is 20.4 Å². The van der Waals surface area contributed by atoms with Crippen LogP contribution in [0.2, 0.25) is 0 Å². The Kier molecular flexibility index (Phi) is 3.26. The van der Waals surface area contributed by atoms with Gasteiger partial charge in [-0.05, 0) is 54.3 Å². The summed E-state index contributed by atoms with van der Waals surface area (Å²) >= 11 is 0. The van der Waals surface area contributed by atoms with E-state index in [2.05, 4.69) is 20.8 Å². The highest BCUT2D eigenvalue weighted by molar-refractivity contribution is 5.15. The minimum atomic E-state index is -1.23. The summed E-state index contributed by atoms with van der Waals surface area (Å²) in [4.78, 5) is 0. The average Bonchev–Trinajstić information content (AvgIpc) is 2.42. The molecule has 0 amide bonds. The summed E-state index contributed by atoms with van der Waals surface area (Å²) in [6, 6.07) is 0. The molecule has 0 heterocycles. The predicted octanol–water partition coefficient (Wildman–Crippen LogP) is 0.912. The van der Waals surface area contributed by atoms with Crippen LogP contribution in [0.4, 0.5) is 0 Å². The predicted molar refractivity (Wildman–Crippen MR) is 74.9 cm³/mol. The van der Waals surface area contributed by atoms with Gasteiger partial charge >= 0.3 is 0 Å². The van der Waals surface area contributed by atoms with Gasteiger partial charge in [-0.25, -0.2) is 0 Å². The highest BCUT2D eigenvalue weighted by Gasteiger charge is 2.66. The summed E-state index contributed by atoms with van der Waals surface area (Å²) in [6.45, 7) is 6.54. The molecule has 6 unspecified atom stereocenters. The van der Waals surface area contributed by atoms with Crippen LogP contribution < -0.4 is 0 Å². The fraction of sp³-hybridized carbons (Fsp3) is 1.00. The normalized spacial score (nSPS) is 58.8. The Bertz CT molecular complexity index is 386. The molecule has 20 heavy (non-hydrogen) atoms. The molecule has 4 rings (SSSR count). The van der Waals surface area contributed by atoms with Crippen molar-refractivity contribution in [3.63, 3.8) is 0 Å². The first-order chi connectivity index (χ1) is 9.24. The molecule has 0 saturated heterocycles. The van der Waals surface area contributed by atoms with E-state index in [0.717, 1.165) is 25.7 Å². The number of hydrogen-bond donors (Lipinski definition) is 4. The Morgan fingerprint density at radius 3 is 1.65 bits per heavy atom. The van der Waals surface area contributed by atoms with Gasteiger partial charge in [-0.15, -0.1) is 0 Å². The van der Waals surface area contributed by atoms with Crippen molar-refractivity contribution in [3.05, 3.63) is 0 Å². The molecule has 2 bridgehead atoms. The Hall–Kier alpha value is -0.160. The van der Waals surface area contributed by atoms with Crippen LogP contribution in [0.5, 0.6) is 0 Å². The number of aliphatic hydroxyl groups excluding tert-OH is 4. The molecule has 4 aliphatic carbocycles. The molecule has 0 aliphatic heterocycles. The third-order valence-corrected chi connectivity index (χ3v) is 7.11. The van der Waals surface area contributed by atoms with Crippen molar-refractivity contribution < 1.29 is 20.4 Å². The van der Waals surface area contributed by atoms with E-state index < -0.39 is 24.4 Å². The molecule has 4 aliphatic rings. The number of rotatable bonds is 1. The molecule has 116 valence electrons. The van der Waals surface area contributed by atoms with Gasteiger partial charge < -0.3 is 20.4 Å².